The smallest absolute Gasteiger partial charge is 0.407 e. The van der Waals surface area contributed by atoms with Gasteiger partial charge in [-0.05, 0) is 62.5 Å². The van der Waals surface area contributed by atoms with E-state index in [4.69, 9.17) is 9.47 Å². The number of benzene rings is 2. The Morgan fingerprint density at radius 2 is 1.58 bits per heavy atom. The number of allylic oxidation sites excluding steroid dienone is 2. The molecule has 260 valence electrons. The highest BCUT2D eigenvalue weighted by atomic mass is 16.5. The Bertz CT molecular complexity index is 1300. The number of hydrogen-bond donors (Lipinski definition) is 3. The van der Waals surface area contributed by atoms with Crippen molar-refractivity contribution in [3.8, 4) is 0 Å². The van der Waals surface area contributed by atoms with Gasteiger partial charge >= 0.3 is 12.1 Å². The molecule has 4 atom stereocenters. The van der Waals surface area contributed by atoms with Crippen molar-refractivity contribution in [1.29, 1.82) is 0 Å². The number of nitrogens with zero attached hydrogens (tertiary/aromatic N) is 1. The van der Waals surface area contributed by atoms with Crippen LogP contribution in [0.3, 0.4) is 0 Å². The van der Waals surface area contributed by atoms with Crippen LogP contribution in [0.4, 0.5) is 4.79 Å². The van der Waals surface area contributed by atoms with Crippen LogP contribution in [0.2, 0.25) is 0 Å². The highest BCUT2D eigenvalue weighted by molar-refractivity contribution is 5.86. The molecule has 0 unspecified atom stereocenters. The molecular weight excluding hydrogens is 610 g/mol. The van der Waals surface area contributed by atoms with Gasteiger partial charge in [-0.25, -0.2) is 4.79 Å². The van der Waals surface area contributed by atoms with Gasteiger partial charge in [0, 0.05) is 19.5 Å². The lowest BCUT2D eigenvalue weighted by molar-refractivity contribution is -0.150. The molecule has 0 bridgehead atoms. The third-order valence-electron chi connectivity index (χ3n) is 8.50. The van der Waals surface area contributed by atoms with Gasteiger partial charge in [-0.1, -0.05) is 72.8 Å². The van der Waals surface area contributed by atoms with E-state index >= 15 is 0 Å². The van der Waals surface area contributed by atoms with Crippen molar-refractivity contribution in [2.45, 2.75) is 76.5 Å². The van der Waals surface area contributed by atoms with E-state index < -0.39 is 24.0 Å². The summed E-state index contributed by atoms with van der Waals surface area (Å²) in [7, 11) is 0. The zero-order valence-corrected chi connectivity index (χ0v) is 27.9. The van der Waals surface area contributed by atoms with Crippen LogP contribution in [0.25, 0.3) is 0 Å². The van der Waals surface area contributed by atoms with E-state index in [9.17, 15) is 24.3 Å². The topological polar surface area (TPSA) is 134 Å². The third kappa shape index (κ3) is 13.4. The molecule has 10 heteroatoms. The number of rotatable bonds is 21. The van der Waals surface area contributed by atoms with Gasteiger partial charge in [0.1, 0.15) is 13.2 Å². The number of unbranched alkanes of at least 4 members (excludes halogenated alkanes) is 1. The summed E-state index contributed by atoms with van der Waals surface area (Å²) in [6, 6.07) is 18.4. The van der Waals surface area contributed by atoms with Crippen LogP contribution in [0.1, 0.15) is 62.5 Å². The lowest BCUT2D eigenvalue weighted by atomic mass is 9.96. The fourth-order valence-corrected chi connectivity index (χ4v) is 5.83. The number of aliphatic hydroxyl groups is 1. The fourth-order valence-electron chi connectivity index (χ4n) is 5.83. The molecular formula is C38H51N3O7. The Kier molecular flexibility index (Phi) is 17.0. The summed E-state index contributed by atoms with van der Waals surface area (Å²) in [5.41, 5.74) is 1.91. The molecule has 3 rings (SSSR count). The molecule has 3 N–H and O–H groups in total. The fraction of sp³-hybridized carbons (Fsp3) is 0.474. The zero-order chi connectivity index (χ0) is 34.6. The summed E-state index contributed by atoms with van der Waals surface area (Å²) in [4.78, 5) is 53.6. The molecule has 10 nitrogen and oxygen atoms in total. The Morgan fingerprint density at radius 3 is 2.25 bits per heavy atom. The van der Waals surface area contributed by atoms with Crippen LogP contribution >= 0.6 is 0 Å². The van der Waals surface area contributed by atoms with Gasteiger partial charge in [0.2, 0.25) is 11.8 Å². The van der Waals surface area contributed by atoms with Crippen LogP contribution in [0.5, 0.6) is 0 Å². The molecule has 3 amide bonds. The van der Waals surface area contributed by atoms with Crippen molar-refractivity contribution in [3.05, 3.63) is 97.1 Å². The minimum absolute atomic E-state index is 0.00560. The number of hydrogen-bond acceptors (Lipinski definition) is 7. The van der Waals surface area contributed by atoms with Crippen LogP contribution in [0, 0.1) is 11.8 Å². The second-order valence-electron chi connectivity index (χ2n) is 12.2. The molecule has 2 aromatic rings. The van der Waals surface area contributed by atoms with Crippen LogP contribution in [0.15, 0.2) is 86.0 Å². The number of carbonyl (C=O) groups is 4. The summed E-state index contributed by atoms with van der Waals surface area (Å²) in [6.07, 6.45) is 7.33. The number of ether oxygens (including phenoxy) is 2. The van der Waals surface area contributed by atoms with Crippen LogP contribution < -0.4 is 10.6 Å². The zero-order valence-electron chi connectivity index (χ0n) is 27.9. The predicted molar refractivity (Wildman–Crippen MR) is 185 cm³/mol. The Balaban J connectivity index is 1.58. The summed E-state index contributed by atoms with van der Waals surface area (Å²) in [6.45, 7) is 8.55. The number of aliphatic hydroxyl groups excluding tert-OH is 1. The van der Waals surface area contributed by atoms with Crippen molar-refractivity contribution >= 4 is 23.9 Å². The Labute approximate surface area is 284 Å². The van der Waals surface area contributed by atoms with Gasteiger partial charge in [0.25, 0.3) is 0 Å². The lowest BCUT2D eigenvalue weighted by Crippen LogP contribution is -2.44. The minimum atomic E-state index is -0.652. The van der Waals surface area contributed by atoms with E-state index in [1.54, 1.807) is 17.1 Å². The molecule has 48 heavy (non-hydrogen) atoms. The number of alkyl carbamates (subject to hydrolysis) is 1. The van der Waals surface area contributed by atoms with E-state index in [0.29, 0.717) is 51.6 Å². The minimum Gasteiger partial charge on any atom is -0.463 e. The summed E-state index contributed by atoms with van der Waals surface area (Å²) in [5, 5.41) is 15.4. The second-order valence-corrected chi connectivity index (χ2v) is 12.2. The van der Waals surface area contributed by atoms with E-state index in [0.717, 1.165) is 24.0 Å². The molecule has 1 heterocycles. The van der Waals surface area contributed by atoms with Crippen molar-refractivity contribution in [2.24, 2.45) is 11.8 Å². The number of esters is 1. The largest absolute Gasteiger partial charge is 0.463 e. The molecule has 0 spiro atoms. The first-order valence-electron chi connectivity index (χ1n) is 16.9. The van der Waals surface area contributed by atoms with Crippen molar-refractivity contribution in [1.82, 2.24) is 15.5 Å². The molecule has 0 aliphatic carbocycles. The third-order valence-corrected chi connectivity index (χ3v) is 8.50. The molecule has 1 aliphatic rings. The van der Waals surface area contributed by atoms with Gasteiger partial charge in [-0.2, -0.15) is 0 Å². The Morgan fingerprint density at radius 1 is 0.917 bits per heavy atom. The van der Waals surface area contributed by atoms with E-state index in [2.05, 4.69) is 23.8 Å². The average Bonchev–Trinajstić information content (AvgIpc) is 3.59. The first-order valence-corrected chi connectivity index (χ1v) is 16.9. The van der Waals surface area contributed by atoms with Crippen molar-refractivity contribution < 1.29 is 33.8 Å². The molecule has 1 fully saturated rings. The first-order chi connectivity index (χ1) is 23.3. The van der Waals surface area contributed by atoms with Crippen LogP contribution in [-0.2, 0) is 36.9 Å². The molecule has 2 aromatic carbocycles. The van der Waals surface area contributed by atoms with Gasteiger partial charge in [0.15, 0.2) is 0 Å². The molecule has 1 saturated heterocycles. The van der Waals surface area contributed by atoms with E-state index in [-0.39, 0.29) is 50.1 Å². The molecule has 0 saturated carbocycles. The van der Waals surface area contributed by atoms with Crippen molar-refractivity contribution in [2.75, 3.05) is 26.3 Å². The van der Waals surface area contributed by atoms with Gasteiger partial charge < -0.3 is 30.1 Å². The summed E-state index contributed by atoms with van der Waals surface area (Å²) >= 11 is 0. The number of nitrogens with one attached hydrogen (secondary N) is 2. The number of amides is 3. The quantitative estimate of drug-likeness (QED) is 0.0962. The monoisotopic (exact) mass is 661 g/mol. The number of likely N-dealkylation sites (tertiary alicyclic amines) is 1. The van der Waals surface area contributed by atoms with Gasteiger partial charge in [-0.3, -0.25) is 14.4 Å². The SMILES string of the molecule is C=CC[C@H](CC(=O)N1CCC[C@H]1CO)C(=O)N[C@@H](CCCCNC(=O)OCc1ccccc1)COC(=O)[C@H](CC=C)Cc1ccccc1. The molecule has 0 radical (unpaired) electrons. The van der Waals surface area contributed by atoms with E-state index in [1.165, 1.54) is 0 Å². The van der Waals surface area contributed by atoms with Gasteiger partial charge in [-0.15, -0.1) is 13.2 Å². The summed E-state index contributed by atoms with van der Waals surface area (Å²) in [5.74, 6) is -1.93. The van der Waals surface area contributed by atoms with Crippen molar-refractivity contribution in [3.63, 3.8) is 0 Å². The van der Waals surface area contributed by atoms with E-state index in [1.807, 2.05) is 60.7 Å². The normalized spacial score (nSPS) is 15.9. The maximum absolute atomic E-state index is 13.5. The second kappa shape index (κ2) is 21.4. The molecule has 0 aromatic heterocycles. The van der Waals surface area contributed by atoms with Crippen LogP contribution in [-0.4, -0.2) is 72.3 Å². The van der Waals surface area contributed by atoms with Gasteiger partial charge in [0.05, 0.1) is 30.5 Å². The standard InChI is InChI=1S/C38H51N3O7/c1-3-14-31(25-35(43)41-23-13-21-34(41)26-42)36(44)40-33(20-11-12-22-39-38(46)48-27-30-18-9-6-10-19-30)28-47-37(45)32(15-4-2)24-29-16-7-5-8-17-29/h3-10,16-19,31-34,42H,1-2,11-15,20-28H2,(H,39,46)(H,40,44)/t31-,32-,33+,34+/m1/s1. The highest BCUT2D eigenvalue weighted by Gasteiger charge is 2.32. The Hall–Kier alpha value is -4.44. The molecule has 1 aliphatic heterocycles. The number of carbonyl (C=O) groups excluding carboxylic acids is 4. The maximum atomic E-state index is 13.5. The maximum Gasteiger partial charge on any atom is 0.407 e. The first kappa shape index (κ1) is 38.0. The predicted octanol–water partition coefficient (Wildman–Crippen LogP) is 5.11. The average molecular weight is 662 g/mol. The lowest BCUT2D eigenvalue weighted by Gasteiger charge is -2.26. The summed E-state index contributed by atoms with van der Waals surface area (Å²) < 4.78 is 11.0. The highest BCUT2D eigenvalue weighted by Crippen LogP contribution is 2.21.